The Labute approximate surface area is 179 Å². The van der Waals surface area contributed by atoms with Crippen LogP contribution in [0.15, 0.2) is 36.4 Å². The number of aliphatic hydroxyl groups is 1. The zero-order valence-electron chi connectivity index (χ0n) is 18.7. The van der Waals surface area contributed by atoms with Crippen molar-refractivity contribution in [2.45, 2.75) is 71.6 Å². The lowest BCUT2D eigenvalue weighted by Gasteiger charge is -2.28. The molecule has 1 aromatic rings. The number of benzene rings is 1. The topological polar surface area (TPSA) is 83.5 Å². The highest BCUT2D eigenvalue weighted by Crippen LogP contribution is 2.22. The third-order valence-corrected chi connectivity index (χ3v) is 4.22. The molecular formula is C23H36O7. The highest BCUT2D eigenvalue weighted by Gasteiger charge is 2.25. The van der Waals surface area contributed by atoms with Crippen molar-refractivity contribution in [2.75, 3.05) is 20.3 Å². The van der Waals surface area contributed by atoms with Crippen LogP contribution in [0.3, 0.4) is 0 Å². The van der Waals surface area contributed by atoms with Crippen LogP contribution in [0.2, 0.25) is 0 Å². The third-order valence-electron chi connectivity index (χ3n) is 4.22. The van der Waals surface area contributed by atoms with Gasteiger partial charge >= 0.3 is 5.97 Å². The first-order chi connectivity index (χ1) is 14.4. The first kappa shape index (κ1) is 25.9. The minimum Gasteiger partial charge on any atom is -0.497 e. The fraction of sp³-hybridized carbons (Fsp3) is 0.609. The lowest BCUT2D eigenvalue weighted by molar-refractivity contribution is -0.185. The van der Waals surface area contributed by atoms with E-state index in [1.165, 1.54) is 6.08 Å². The molecule has 0 aliphatic rings. The van der Waals surface area contributed by atoms with E-state index in [1.807, 2.05) is 45.0 Å². The standard InChI is InChI=1S/C23H36O7/c1-6-27-23(28-7-2)21(30-20-14-12-19(26-5)13-15-20)16-11-18(4)29-22(25)10-8-9-17(3)24/h8,10,12-15,17-18,21,23-24H,6-7,9,11,16H2,1-5H3/b10-8+/t17-,18+,21-/m1/s1. The summed E-state index contributed by atoms with van der Waals surface area (Å²) in [6, 6.07) is 7.31. The Morgan fingerprint density at radius 1 is 1.03 bits per heavy atom. The summed E-state index contributed by atoms with van der Waals surface area (Å²) >= 11 is 0. The van der Waals surface area contributed by atoms with E-state index in [0.29, 0.717) is 38.2 Å². The van der Waals surface area contributed by atoms with E-state index in [2.05, 4.69) is 0 Å². The summed E-state index contributed by atoms with van der Waals surface area (Å²) in [5.74, 6) is 0.993. The number of hydrogen-bond acceptors (Lipinski definition) is 7. The second-order valence-corrected chi connectivity index (χ2v) is 6.92. The maximum absolute atomic E-state index is 11.9. The molecule has 0 unspecified atom stereocenters. The summed E-state index contributed by atoms with van der Waals surface area (Å²) in [7, 11) is 1.61. The molecule has 0 spiro atoms. The first-order valence-corrected chi connectivity index (χ1v) is 10.5. The molecule has 0 saturated carbocycles. The van der Waals surface area contributed by atoms with Gasteiger partial charge in [0.1, 0.15) is 17.6 Å². The van der Waals surface area contributed by atoms with Gasteiger partial charge in [0.25, 0.3) is 0 Å². The molecule has 0 saturated heterocycles. The van der Waals surface area contributed by atoms with E-state index in [4.69, 9.17) is 23.7 Å². The average molecular weight is 425 g/mol. The summed E-state index contributed by atoms with van der Waals surface area (Å²) in [5.41, 5.74) is 0. The fourth-order valence-electron chi connectivity index (χ4n) is 2.73. The Morgan fingerprint density at radius 2 is 1.63 bits per heavy atom. The number of aliphatic hydroxyl groups excluding tert-OH is 1. The van der Waals surface area contributed by atoms with Crippen LogP contribution in [0.1, 0.15) is 47.0 Å². The minimum atomic E-state index is -0.532. The highest BCUT2D eigenvalue weighted by molar-refractivity contribution is 5.82. The molecule has 0 aliphatic carbocycles. The molecule has 0 bridgehead atoms. The summed E-state index contributed by atoms with van der Waals surface area (Å²) < 4.78 is 28.2. The van der Waals surface area contributed by atoms with Crippen LogP contribution in [0.5, 0.6) is 11.5 Å². The normalized spacial score (nSPS) is 14.5. The van der Waals surface area contributed by atoms with Crippen molar-refractivity contribution >= 4 is 5.97 Å². The predicted molar refractivity (Wildman–Crippen MR) is 115 cm³/mol. The van der Waals surface area contributed by atoms with Gasteiger partial charge in [0, 0.05) is 19.3 Å². The van der Waals surface area contributed by atoms with Gasteiger partial charge in [-0.1, -0.05) is 6.08 Å². The molecule has 0 aliphatic heterocycles. The summed E-state index contributed by atoms with van der Waals surface area (Å²) in [5, 5.41) is 9.23. The second-order valence-electron chi connectivity index (χ2n) is 6.92. The van der Waals surface area contributed by atoms with Crippen LogP contribution in [-0.4, -0.2) is 56.0 Å². The van der Waals surface area contributed by atoms with Gasteiger partial charge in [0.15, 0.2) is 6.29 Å². The van der Waals surface area contributed by atoms with Crippen molar-refractivity contribution in [3.63, 3.8) is 0 Å². The molecule has 3 atom stereocenters. The molecule has 30 heavy (non-hydrogen) atoms. The summed E-state index contributed by atoms with van der Waals surface area (Å²) in [6.07, 6.45) is 2.81. The Balaban J connectivity index is 2.71. The number of hydrogen-bond donors (Lipinski definition) is 1. The van der Waals surface area contributed by atoms with Crippen LogP contribution in [0.4, 0.5) is 0 Å². The Kier molecular flexibility index (Phi) is 12.8. The van der Waals surface area contributed by atoms with Crippen LogP contribution < -0.4 is 9.47 Å². The van der Waals surface area contributed by atoms with Gasteiger partial charge < -0.3 is 28.8 Å². The van der Waals surface area contributed by atoms with Gasteiger partial charge in [-0.2, -0.15) is 0 Å². The SMILES string of the molecule is CCOC(OCC)[C@@H](CC[C@H](C)OC(=O)/C=C/C[C@@H](C)O)Oc1ccc(OC)cc1. The van der Waals surface area contributed by atoms with E-state index in [1.54, 1.807) is 20.1 Å². The van der Waals surface area contributed by atoms with Crippen LogP contribution in [-0.2, 0) is 19.0 Å². The minimum absolute atomic E-state index is 0.306. The monoisotopic (exact) mass is 424 g/mol. The maximum atomic E-state index is 11.9. The van der Waals surface area contributed by atoms with Gasteiger partial charge in [-0.05, 0) is 71.2 Å². The highest BCUT2D eigenvalue weighted by atomic mass is 16.7. The van der Waals surface area contributed by atoms with Gasteiger partial charge in [-0.3, -0.25) is 0 Å². The average Bonchev–Trinajstić information content (AvgIpc) is 2.71. The van der Waals surface area contributed by atoms with Crippen LogP contribution >= 0.6 is 0 Å². The van der Waals surface area contributed by atoms with Crippen molar-refractivity contribution < 1.29 is 33.6 Å². The van der Waals surface area contributed by atoms with Gasteiger partial charge in [-0.25, -0.2) is 4.79 Å². The Morgan fingerprint density at radius 3 is 2.17 bits per heavy atom. The van der Waals surface area contributed by atoms with Crippen molar-refractivity contribution in [3.05, 3.63) is 36.4 Å². The zero-order chi connectivity index (χ0) is 22.4. The Hall–Kier alpha value is -2.09. The molecule has 0 heterocycles. The van der Waals surface area contributed by atoms with Gasteiger partial charge in [0.2, 0.25) is 0 Å². The first-order valence-electron chi connectivity index (χ1n) is 10.5. The molecule has 0 fully saturated rings. The van der Waals surface area contributed by atoms with E-state index in [0.717, 1.165) is 5.75 Å². The molecule has 1 aromatic carbocycles. The zero-order valence-corrected chi connectivity index (χ0v) is 18.7. The fourth-order valence-corrected chi connectivity index (χ4v) is 2.73. The van der Waals surface area contributed by atoms with Crippen LogP contribution in [0.25, 0.3) is 0 Å². The van der Waals surface area contributed by atoms with Crippen molar-refractivity contribution in [2.24, 2.45) is 0 Å². The number of esters is 1. The number of methoxy groups -OCH3 is 1. The predicted octanol–water partition coefficient (Wildman–Crippen LogP) is 3.88. The largest absolute Gasteiger partial charge is 0.497 e. The number of rotatable bonds is 15. The number of ether oxygens (including phenoxy) is 5. The second kappa shape index (κ2) is 14.8. The van der Waals surface area contributed by atoms with Crippen molar-refractivity contribution in [1.82, 2.24) is 0 Å². The molecule has 0 radical (unpaired) electrons. The molecule has 1 N–H and O–H groups in total. The van der Waals surface area contributed by atoms with E-state index in [9.17, 15) is 9.90 Å². The summed E-state index contributed by atoms with van der Waals surface area (Å²) in [4.78, 5) is 11.9. The lowest BCUT2D eigenvalue weighted by Crippen LogP contribution is -2.37. The van der Waals surface area contributed by atoms with Gasteiger partial charge in [-0.15, -0.1) is 0 Å². The molecule has 170 valence electrons. The molecule has 7 nitrogen and oxygen atoms in total. The van der Waals surface area contributed by atoms with E-state index < -0.39 is 18.4 Å². The smallest absolute Gasteiger partial charge is 0.330 e. The van der Waals surface area contributed by atoms with Gasteiger partial charge in [0.05, 0.1) is 19.3 Å². The number of carbonyl (C=O) groups is 1. The molecule has 0 amide bonds. The van der Waals surface area contributed by atoms with Crippen molar-refractivity contribution in [1.29, 1.82) is 0 Å². The lowest BCUT2D eigenvalue weighted by atomic mass is 10.1. The number of carbonyl (C=O) groups excluding carboxylic acids is 1. The third kappa shape index (κ3) is 10.6. The van der Waals surface area contributed by atoms with Crippen LogP contribution in [0, 0.1) is 0 Å². The Bertz CT molecular complexity index is 606. The molecular weight excluding hydrogens is 388 g/mol. The summed E-state index contributed by atoms with van der Waals surface area (Å²) in [6.45, 7) is 8.29. The van der Waals surface area contributed by atoms with E-state index >= 15 is 0 Å². The maximum Gasteiger partial charge on any atom is 0.330 e. The van der Waals surface area contributed by atoms with E-state index in [-0.39, 0.29) is 12.2 Å². The quantitative estimate of drug-likeness (QED) is 0.260. The molecule has 0 aromatic heterocycles. The molecule has 7 heteroatoms. The molecule has 1 rings (SSSR count). The van der Waals surface area contributed by atoms with Crippen molar-refractivity contribution in [3.8, 4) is 11.5 Å².